The van der Waals surface area contributed by atoms with E-state index in [-0.39, 0.29) is 17.4 Å². The number of carbonyl (C=O) groups excluding carboxylic acids is 1. The quantitative estimate of drug-likeness (QED) is 0.809. The highest BCUT2D eigenvalue weighted by atomic mass is 16.5. The van der Waals surface area contributed by atoms with Gasteiger partial charge in [-0.25, -0.2) is 4.79 Å². The summed E-state index contributed by atoms with van der Waals surface area (Å²) < 4.78 is 11.0. The van der Waals surface area contributed by atoms with Crippen molar-refractivity contribution in [3.63, 3.8) is 0 Å². The van der Waals surface area contributed by atoms with Gasteiger partial charge < -0.3 is 14.3 Å². The number of esters is 1. The van der Waals surface area contributed by atoms with Crippen LogP contribution in [0.25, 0.3) is 5.88 Å². The average Bonchev–Trinajstić information content (AvgIpc) is 2.76. The van der Waals surface area contributed by atoms with Gasteiger partial charge >= 0.3 is 5.97 Å². The minimum absolute atomic E-state index is 0.00637. The van der Waals surface area contributed by atoms with E-state index in [0.29, 0.717) is 5.69 Å². The molecule has 0 fully saturated rings. The van der Waals surface area contributed by atoms with Gasteiger partial charge in [-0.15, -0.1) is 0 Å². The van der Waals surface area contributed by atoms with E-state index in [1.165, 1.54) is 29.9 Å². The Hall–Kier alpha value is -2.50. The molecule has 2 rings (SSSR count). The van der Waals surface area contributed by atoms with Crippen LogP contribution in [0.15, 0.2) is 33.5 Å². The zero-order valence-corrected chi connectivity index (χ0v) is 9.84. The van der Waals surface area contributed by atoms with Crippen molar-refractivity contribution < 1.29 is 19.1 Å². The van der Waals surface area contributed by atoms with Crippen LogP contribution < -0.4 is 5.56 Å². The molecule has 94 valence electrons. The Morgan fingerprint density at radius 2 is 2.11 bits per heavy atom. The van der Waals surface area contributed by atoms with Crippen LogP contribution in [-0.4, -0.2) is 22.8 Å². The molecule has 0 saturated heterocycles. The first-order valence-electron chi connectivity index (χ1n) is 5.14. The first-order chi connectivity index (χ1) is 8.52. The Morgan fingerprint density at radius 3 is 2.72 bits per heavy atom. The highest BCUT2D eigenvalue weighted by Crippen LogP contribution is 2.16. The number of methoxy groups -OCH3 is 1. The van der Waals surface area contributed by atoms with E-state index in [4.69, 9.17) is 4.42 Å². The smallest absolute Gasteiger partial charge is 0.374 e. The minimum Gasteiger partial charge on any atom is -0.508 e. The molecule has 0 unspecified atom stereocenters. The Kier molecular flexibility index (Phi) is 2.93. The summed E-state index contributed by atoms with van der Waals surface area (Å²) in [4.78, 5) is 23.0. The molecular formula is C12H11NO5. The fraction of sp³-hybridized carbons (Fsp3) is 0.167. The Morgan fingerprint density at radius 1 is 1.39 bits per heavy atom. The SMILES string of the molecule is COC(=O)c1ccc(-n2c(C)cc(O)cc2=O)o1. The summed E-state index contributed by atoms with van der Waals surface area (Å²) in [5.41, 5.74) is 0.0454. The predicted molar refractivity (Wildman–Crippen MR) is 62.0 cm³/mol. The highest BCUT2D eigenvalue weighted by molar-refractivity contribution is 5.86. The molecule has 0 spiro atoms. The fourth-order valence-corrected chi connectivity index (χ4v) is 1.63. The molecule has 2 aromatic heterocycles. The number of aromatic nitrogens is 1. The van der Waals surface area contributed by atoms with Gasteiger partial charge in [-0.1, -0.05) is 0 Å². The summed E-state index contributed by atoms with van der Waals surface area (Å²) in [6.45, 7) is 1.64. The molecule has 0 saturated carbocycles. The van der Waals surface area contributed by atoms with Crippen molar-refractivity contribution in [2.75, 3.05) is 7.11 Å². The lowest BCUT2D eigenvalue weighted by molar-refractivity contribution is 0.0564. The Bertz CT molecular complexity index is 653. The molecule has 2 aromatic rings. The maximum absolute atomic E-state index is 11.7. The molecule has 1 N–H and O–H groups in total. The van der Waals surface area contributed by atoms with E-state index < -0.39 is 11.5 Å². The van der Waals surface area contributed by atoms with Crippen molar-refractivity contribution in [1.29, 1.82) is 0 Å². The largest absolute Gasteiger partial charge is 0.508 e. The molecule has 18 heavy (non-hydrogen) atoms. The monoisotopic (exact) mass is 249 g/mol. The van der Waals surface area contributed by atoms with Gasteiger partial charge in [0, 0.05) is 17.8 Å². The number of pyridine rings is 1. The number of hydrogen-bond acceptors (Lipinski definition) is 5. The summed E-state index contributed by atoms with van der Waals surface area (Å²) in [5.74, 6) is -0.538. The van der Waals surface area contributed by atoms with Crippen LogP contribution in [0.4, 0.5) is 0 Å². The number of nitrogens with zero attached hydrogens (tertiary/aromatic N) is 1. The molecule has 2 heterocycles. The minimum atomic E-state index is -0.620. The molecule has 0 bridgehead atoms. The molecule has 0 radical (unpaired) electrons. The summed E-state index contributed by atoms with van der Waals surface area (Å²) >= 11 is 0. The van der Waals surface area contributed by atoms with Gasteiger partial charge in [-0.2, -0.15) is 0 Å². The number of furan rings is 1. The van der Waals surface area contributed by atoms with Gasteiger partial charge in [0.2, 0.25) is 11.6 Å². The molecule has 0 aliphatic heterocycles. The first kappa shape index (κ1) is 12.0. The van der Waals surface area contributed by atoms with E-state index in [0.717, 1.165) is 6.07 Å². The number of carbonyl (C=O) groups is 1. The highest BCUT2D eigenvalue weighted by Gasteiger charge is 2.14. The molecular weight excluding hydrogens is 238 g/mol. The second kappa shape index (κ2) is 4.40. The van der Waals surface area contributed by atoms with Gasteiger partial charge in [-0.05, 0) is 19.1 Å². The summed E-state index contributed by atoms with van der Waals surface area (Å²) in [5, 5.41) is 9.28. The maximum Gasteiger partial charge on any atom is 0.374 e. The van der Waals surface area contributed by atoms with Gasteiger partial charge in [-0.3, -0.25) is 9.36 Å². The van der Waals surface area contributed by atoms with Crippen LogP contribution in [0.2, 0.25) is 0 Å². The summed E-state index contributed by atoms with van der Waals surface area (Å²) in [6.07, 6.45) is 0. The van der Waals surface area contributed by atoms with Crippen molar-refractivity contribution >= 4 is 5.97 Å². The van der Waals surface area contributed by atoms with Crippen LogP contribution in [-0.2, 0) is 4.74 Å². The van der Waals surface area contributed by atoms with Crippen molar-refractivity contribution in [2.45, 2.75) is 6.92 Å². The van der Waals surface area contributed by atoms with Crippen LogP contribution in [0.5, 0.6) is 5.75 Å². The number of ether oxygens (including phenoxy) is 1. The van der Waals surface area contributed by atoms with Crippen LogP contribution in [0.3, 0.4) is 0 Å². The van der Waals surface area contributed by atoms with E-state index >= 15 is 0 Å². The van der Waals surface area contributed by atoms with Crippen LogP contribution >= 0.6 is 0 Å². The topological polar surface area (TPSA) is 81.7 Å². The second-order valence-corrected chi connectivity index (χ2v) is 3.66. The van der Waals surface area contributed by atoms with Gasteiger partial charge in [0.15, 0.2) is 0 Å². The zero-order chi connectivity index (χ0) is 13.3. The Balaban J connectivity index is 2.53. The third kappa shape index (κ3) is 2.00. The summed E-state index contributed by atoms with van der Waals surface area (Å²) in [6, 6.07) is 5.38. The lowest BCUT2D eigenvalue weighted by atomic mass is 10.3. The van der Waals surface area contributed by atoms with Gasteiger partial charge in [0.1, 0.15) is 5.75 Å². The zero-order valence-electron chi connectivity index (χ0n) is 9.84. The predicted octanol–water partition coefficient (Wildman–Crippen LogP) is 1.23. The fourth-order valence-electron chi connectivity index (χ4n) is 1.63. The molecule has 0 aromatic carbocycles. The normalized spacial score (nSPS) is 10.3. The number of rotatable bonds is 2. The van der Waals surface area contributed by atoms with E-state index in [2.05, 4.69) is 4.74 Å². The van der Waals surface area contributed by atoms with Crippen LogP contribution in [0, 0.1) is 6.92 Å². The molecule has 0 amide bonds. The van der Waals surface area contributed by atoms with Crippen molar-refractivity contribution in [3.05, 3.63) is 46.1 Å². The maximum atomic E-state index is 11.7. The summed E-state index contributed by atoms with van der Waals surface area (Å²) in [7, 11) is 1.24. The third-order valence-corrected chi connectivity index (χ3v) is 2.40. The Labute approximate surface area is 102 Å². The lowest BCUT2D eigenvalue weighted by Crippen LogP contribution is -2.18. The first-order valence-corrected chi connectivity index (χ1v) is 5.14. The number of aryl methyl sites for hydroxylation is 1. The second-order valence-electron chi connectivity index (χ2n) is 3.66. The van der Waals surface area contributed by atoms with Crippen molar-refractivity contribution in [3.8, 4) is 11.6 Å². The van der Waals surface area contributed by atoms with E-state index in [1.54, 1.807) is 6.92 Å². The van der Waals surface area contributed by atoms with E-state index in [1.807, 2.05) is 0 Å². The van der Waals surface area contributed by atoms with Gasteiger partial charge in [0.25, 0.3) is 5.56 Å². The van der Waals surface area contributed by atoms with Crippen LogP contribution in [0.1, 0.15) is 16.2 Å². The number of aromatic hydroxyl groups is 1. The standard InChI is InChI=1S/C12H11NO5/c1-7-5-8(14)6-10(15)13(7)11-4-3-9(18-11)12(16)17-2/h3-6,14H,1-2H3. The number of hydrogen-bond donors (Lipinski definition) is 1. The lowest BCUT2D eigenvalue weighted by Gasteiger charge is -2.06. The third-order valence-electron chi connectivity index (χ3n) is 2.40. The van der Waals surface area contributed by atoms with Gasteiger partial charge in [0.05, 0.1) is 7.11 Å². The van der Waals surface area contributed by atoms with Crippen molar-refractivity contribution in [2.24, 2.45) is 0 Å². The molecule has 6 nitrogen and oxygen atoms in total. The molecule has 6 heteroatoms. The molecule has 0 aliphatic rings. The molecule has 0 aliphatic carbocycles. The van der Waals surface area contributed by atoms with Crippen molar-refractivity contribution in [1.82, 2.24) is 4.57 Å². The average molecular weight is 249 g/mol. The molecule has 0 atom stereocenters. The van der Waals surface area contributed by atoms with E-state index in [9.17, 15) is 14.7 Å².